The molecular formula is C16H22FNO2. The van der Waals surface area contributed by atoms with E-state index in [2.05, 4.69) is 23.5 Å². The minimum atomic E-state index is -0.629. The summed E-state index contributed by atoms with van der Waals surface area (Å²) in [5.41, 5.74) is 0.904. The summed E-state index contributed by atoms with van der Waals surface area (Å²) in [6, 6.07) is 5.34. The first-order chi connectivity index (χ1) is 9.52. The zero-order chi connectivity index (χ0) is 14.7. The van der Waals surface area contributed by atoms with Gasteiger partial charge in [0.2, 0.25) is 0 Å². The summed E-state index contributed by atoms with van der Waals surface area (Å²) in [6.45, 7) is 6.25. The van der Waals surface area contributed by atoms with E-state index in [9.17, 15) is 9.18 Å². The van der Waals surface area contributed by atoms with Gasteiger partial charge in [-0.15, -0.1) is 0 Å². The summed E-state index contributed by atoms with van der Waals surface area (Å²) >= 11 is 0. The Hall–Kier alpha value is -1.42. The van der Waals surface area contributed by atoms with Gasteiger partial charge in [0.15, 0.2) is 0 Å². The second-order valence-electron chi connectivity index (χ2n) is 5.73. The normalized spacial score (nSPS) is 19.6. The van der Waals surface area contributed by atoms with E-state index in [0.29, 0.717) is 12.0 Å². The molecule has 3 nitrogen and oxygen atoms in total. The number of carbonyl (C=O) groups is 1. The maximum Gasteiger partial charge on any atom is 0.340 e. The summed E-state index contributed by atoms with van der Waals surface area (Å²) in [5, 5.41) is 0. The van der Waals surface area contributed by atoms with Crippen molar-refractivity contribution in [3.63, 3.8) is 0 Å². The Morgan fingerprint density at radius 1 is 1.50 bits per heavy atom. The number of esters is 1. The van der Waals surface area contributed by atoms with Crippen LogP contribution in [0, 0.1) is 11.7 Å². The lowest BCUT2D eigenvalue weighted by molar-refractivity contribution is 0.0595. The third-order valence-electron chi connectivity index (χ3n) is 4.01. The molecule has 4 heteroatoms. The fourth-order valence-corrected chi connectivity index (χ4v) is 2.97. The van der Waals surface area contributed by atoms with Crippen LogP contribution in [-0.4, -0.2) is 30.6 Å². The number of ether oxygens (including phenoxy) is 1. The molecule has 2 rings (SSSR count). The number of hydrogen-bond acceptors (Lipinski definition) is 3. The molecule has 0 bridgehead atoms. The van der Waals surface area contributed by atoms with Gasteiger partial charge in [0.25, 0.3) is 0 Å². The van der Waals surface area contributed by atoms with Gasteiger partial charge in [0.1, 0.15) is 5.82 Å². The van der Waals surface area contributed by atoms with Gasteiger partial charge in [0.05, 0.1) is 12.7 Å². The predicted molar refractivity (Wildman–Crippen MR) is 76.0 cm³/mol. The molecule has 0 spiro atoms. The van der Waals surface area contributed by atoms with E-state index in [4.69, 9.17) is 0 Å². The highest BCUT2D eigenvalue weighted by molar-refractivity contribution is 5.89. The zero-order valence-electron chi connectivity index (χ0n) is 12.4. The Bertz CT molecular complexity index is 487. The highest BCUT2D eigenvalue weighted by Crippen LogP contribution is 2.26. The second kappa shape index (κ2) is 6.35. The largest absolute Gasteiger partial charge is 0.465 e. The highest BCUT2D eigenvalue weighted by atomic mass is 19.1. The standard InChI is InChI=1S/C16H22FNO2/c1-11(2)15-5-4-8-18(15)10-12-6-7-13(14(17)9-12)16(19)20-3/h6-7,9,11,15H,4-5,8,10H2,1-3H3. The van der Waals surface area contributed by atoms with Gasteiger partial charge >= 0.3 is 5.97 Å². The SMILES string of the molecule is COC(=O)c1ccc(CN2CCCC2C(C)C)cc1F. The first-order valence-corrected chi connectivity index (χ1v) is 7.13. The topological polar surface area (TPSA) is 29.5 Å². The maximum atomic E-state index is 13.9. The quantitative estimate of drug-likeness (QED) is 0.792. The van der Waals surface area contributed by atoms with Gasteiger partial charge in [-0.1, -0.05) is 19.9 Å². The maximum absolute atomic E-state index is 13.9. The van der Waals surface area contributed by atoms with Crippen molar-refractivity contribution in [3.8, 4) is 0 Å². The zero-order valence-corrected chi connectivity index (χ0v) is 12.4. The Labute approximate surface area is 119 Å². The van der Waals surface area contributed by atoms with Crippen LogP contribution in [0.1, 0.15) is 42.6 Å². The molecule has 1 fully saturated rings. The van der Waals surface area contributed by atoms with Gasteiger partial charge in [-0.25, -0.2) is 9.18 Å². The van der Waals surface area contributed by atoms with Crippen LogP contribution in [0.5, 0.6) is 0 Å². The number of hydrogen-bond donors (Lipinski definition) is 0. The third-order valence-corrected chi connectivity index (χ3v) is 4.01. The molecule has 1 saturated heterocycles. The highest BCUT2D eigenvalue weighted by Gasteiger charge is 2.27. The Balaban J connectivity index is 2.11. The van der Waals surface area contributed by atoms with Crippen LogP contribution in [0.15, 0.2) is 18.2 Å². The van der Waals surface area contributed by atoms with Crippen LogP contribution in [0.2, 0.25) is 0 Å². The first kappa shape index (κ1) is 15.0. The number of carbonyl (C=O) groups excluding carboxylic acids is 1. The minimum absolute atomic E-state index is 0.00178. The Kier molecular flexibility index (Phi) is 4.76. The van der Waals surface area contributed by atoms with Crippen molar-refractivity contribution in [2.45, 2.75) is 39.3 Å². The van der Waals surface area contributed by atoms with Gasteiger partial charge in [-0.3, -0.25) is 4.90 Å². The summed E-state index contributed by atoms with van der Waals surface area (Å²) in [6.07, 6.45) is 2.41. The van der Waals surface area contributed by atoms with Crippen molar-refractivity contribution in [1.82, 2.24) is 4.90 Å². The average Bonchev–Trinajstić information content (AvgIpc) is 2.86. The molecule has 0 aliphatic carbocycles. The number of halogens is 1. The van der Waals surface area contributed by atoms with E-state index in [1.165, 1.54) is 32.1 Å². The number of rotatable bonds is 4. The van der Waals surface area contributed by atoms with E-state index in [1.807, 2.05) is 6.07 Å². The Morgan fingerprint density at radius 2 is 2.25 bits per heavy atom. The molecule has 0 N–H and O–H groups in total. The lowest BCUT2D eigenvalue weighted by atomic mass is 10.0. The smallest absolute Gasteiger partial charge is 0.340 e. The van der Waals surface area contributed by atoms with E-state index in [0.717, 1.165) is 18.7 Å². The van der Waals surface area contributed by atoms with Crippen LogP contribution in [-0.2, 0) is 11.3 Å². The molecule has 20 heavy (non-hydrogen) atoms. The van der Waals surface area contributed by atoms with Crippen LogP contribution in [0.4, 0.5) is 4.39 Å². The molecule has 1 aromatic carbocycles. The van der Waals surface area contributed by atoms with E-state index < -0.39 is 11.8 Å². The number of benzene rings is 1. The monoisotopic (exact) mass is 279 g/mol. The van der Waals surface area contributed by atoms with Crippen LogP contribution in [0.25, 0.3) is 0 Å². The molecule has 1 aliphatic heterocycles. The van der Waals surface area contributed by atoms with Crippen LogP contribution in [0.3, 0.4) is 0 Å². The van der Waals surface area contributed by atoms with Crippen molar-refractivity contribution < 1.29 is 13.9 Å². The van der Waals surface area contributed by atoms with E-state index in [-0.39, 0.29) is 5.56 Å². The summed E-state index contributed by atoms with van der Waals surface area (Å²) in [5.74, 6) is -0.526. The number of likely N-dealkylation sites (tertiary alicyclic amines) is 1. The molecule has 0 amide bonds. The second-order valence-corrected chi connectivity index (χ2v) is 5.73. The molecule has 0 saturated carbocycles. The summed E-state index contributed by atoms with van der Waals surface area (Å²) < 4.78 is 18.4. The Morgan fingerprint density at radius 3 is 2.85 bits per heavy atom. The van der Waals surface area contributed by atoms with Crippen molar-refractivity contribution in [1.29, 1.82) is 0 Å². The lowest BCUT2D eigenvalue weighted by Crippen LogP contribution is -2.32. The van der Waals surface area contributed by atoms with Gasteiger partial charge in [-0.05, 0) is 43.0 Å². The molecule has 1 heterocycles. The van der Waals surface area contributed by atoms with Gasteiger partial charge in [0, 0.05) is 12.6 Å². The molecule has 1 unspecified atom stereocenters. The fraction of sp³-hybridized carbons (Fsp3) is 0.562. The van der Waals surface area contributed by atoms with Crippen molar-refractivity contribution >= 4 is 5.97 Å². The van der Waals surface area contributed by atoms with Crippen LogP contribution < -0.4 is 0 Å². The van der Waals surface area contributed by atoms with Crippen molar-refractivity contribution in [3.05, 3.63) is 35.1 Å². The average molecular weight is 279 g/mol. The molecule has 1 aliphatic rings. The summed E-state index contributed by atoms with van der Waals surface area (Å²) in [4.78, 5) is 13.8. The summed E-state index contributed by atoms with van der Waals surface area (Å²) in [7, 11) is 1.26. The molecule has 0 radical (unpaired) electrons. The van der Waals surface area contributed by atoms with E-state index in [1.54, 1.807) is 0 Å². The number of nitrogens with zero attached hydrogens (tertiary/aromatic N) is 1. The molecule has 1 atom stereocenters. The van der Waals surface area contributed by atoms with Crippen molar-refractivity contribution in [2.24, 2.45) is 5.92 Å². The molecule has 110 valence electrons. The van der Waals surface area contributed by atoms with Crippen LogP contribution >= 0.6 is 0 Å². The van der Waals surface area contributed by atoms with E-state index >= 15 is 0 Å². The molecule has 0 aromatic heterocycles. The minimum Gasteiger partial charge on any atom is -0.465 e. The lowest BCUT2D eigenvalue weighted by Gasteiger charge is -2.27. The first-order valence-electron chi connectivity index (χ1n) is 7.13. The molecular weight excluding hydrogens is 257 g/mol. The van der Waals surface area contributed by atoms with Crippen molar-refractivity contribution in [2.75, 3.05) is 13.7 Å². The molecule has 1 aromatic rings. The van der Waals surface area contributed by atoms with Gasteiger partial charge in [-0.2, -0.15) is 0 Å². The third kappa shape index (κ3) is 3.18. The fourth-order valence-electron chi connectivity index (χ4n) is 2.97. The predicted octanol–water partition coefficient (Wildman–Crippen LogP) is 3.23. The van der Waals surface area contributed by atoms with Gasteiger partial charge < -0.3 is 4.74 Å². The number of methoxy groups -OCH3 is 1.